The van der Waals surface area contributed by atoms with E-state index in [1.165, 1.54) is 33.0 Å². The minimum absolute atomic E-state index is 0.139. The maximum atomic E-state index is 6.82. The SMILES string of the molecule is CC1(C)c2ccccc2-c2ccc(N(c3ccc4ccccc4c3)c3c4oc5ccccc5c4cc4oc5ccccc5c34)cc21. The Kier molecular flexibility index (Phi) is 5.06. The third kappa shape index (κ3) is 3.43. The lowest BCUT2D eigenvalue weighted by Crippen LogP contribution is -2.16. The molecule has 0 amide bonds. The van der Waals surface area contributed by atoms with Crippen molar-refractivity contribution in [1.29, 1.82) is 0 Å². The maximum absolute atomic E-state index is 6.82. The van der Waals surface area contributed by atoms with E-state index in [1.807, 2.05) is 12.1 Å². The predicted molar refractivity (Wildman–Crippen MR) is 191 cm³/mol. The first-order valence-electron chi connectivity index (χ1n) is 15.9. The lowest BCUT2D eigenvalue weighted by Gasteiger charge is -2.29. The van der Waals surface area contributed by atoms with E-state index in [1.54, 1.807) is 0 Å². The molecule has 1 aliphatic rings. The van der Waals surface area contributed by atoms with Gasteiger partial charge in [0.15, 0.2) is 5.58 Å². The summed E-state index contributed by atoms with van der Waals surface area (Å²) in [7, 11) is 0. The molecule has 2 heterocycles. The molecule has 0 atom stereocenters. The highest BCUT2D eigenvalue weighted by molar-refractivity contribution is 6.24. The van der Waals surface area contributed by atoms with Crippen molar-refractivity contribution in [2.24, 2.45) is 0 Å². The van der Waals surface area contributed by atoms with Gasteiger partial charge in [-0.3, -0.25) is 0 Å². The lowest BCUT2D eigenvalue weighted by molar-refractivity contribution is 0.660. The van der Waals surface area contributed by atoms with Gasteiger partial charge in [0.2, 0.25) is 0 Å². The van der Waals surface area contributed by atoms with Gasteiger partial charge in [0, 0.05) is 32.9 Å². The van der Waals surface area contributed by atoms with Crippen molar-refractivity contribution in [2.75, 3.05) is 4.90 Å². The van der Waals surface area contributed by atoms with Crippen LogP contribution >= 0.6 is 0 Å². The minimum Gasteiger partial charge on any atom is -0.456 e. The fraction of sp³-hybridized carbons (Fsp3) is 0.0698. The van der Waals surface area contributed by atoms with E-state index in [-0.39, 0.29) is 5.41 Å². The number of anilines is 3. The zero-order valence-electron chi connectivity index (χ0n) is 25.5. The molecule has 7 aromatic carbocycles. The zero-order valence-corrected chi connectivity index (χ0v) is 25.5. The van der Waals surface area contributed by atoms with Gasteiger partial charge in [-0.05, 0) is 75.5 Å². The van der Waals surface area contributed by atoms with Crippen LogP contribution in [0.25, 0.3) is 65.8 Å². The second kappa shape index (κ2) is 9.12. The van der Waals surface area contributed by atoms with Crippen LogP contribution < -0.4 is 4.90 Å². The van der Waals surface area contributed by atoms with Crippen molar-refractivity contribution < 1.29 is 8.83 Å². The molecule has 218 valence electrons. The zero-order chi connectivity index (χ0) is 30.6. The van der Waals surface area contributed by atoms with Crippen molar-refractivity contribution in [3.05, 3.63) is 151 Å². The lowest BCUT2D eigenvalue weighted by atomic mass is 9.82. The number of hydrogen-bond acceptors (Lipinski definition) is 3. The van der Waals surface area contributed by atoms with Crippen LogP contribution in [0.1, 0.15) is 25.0 Å². The monoisotopic (exact) mass is 591 g/mol. The molecular weight excluding hydrogens is 562 g/mol. The molecule has 2 aromatic heterocycles. The highest BCUT2D eigenvalue weighted by Gasteiger charge is 2.36. The number of para-hydroxylation sites is 2. The molecule has 0 N–H and O–H groups in total. The normalized spacial score (nSPS) is 13.6. The second-order valence-corrected chi connectivity index (χ2v) is 12.9. The summed E-state index contributed by atoms with van der Waals surface area (Å²) in [6, 6.07) is 49.8. The predicted octanol–water partition coefficient (Wildman–Crippen LogP) is 12.4. The average molecular weight is 592 g/mol. The number of hydrogen-bond donors (Lipinski definition) is 0. The minimum atomic E-state index is -0.139. The van der Waals surface area contributed by atoms with E-state index in [0.29, 0.717) is 0 Å². The van der Waals surface area contributed by atoms with Crippen molar-refractivity contribution in [2.45, 2.75) is 19.3 Å². The van der Waals surface area contributed by atoms with Crippen molar-refractivity contribution in [3.63, 3.8) is 0 Å². The number of benzene rings is 7. The Morgan fingerprint density at radius 2 is 1.13 bits per heavy atom. The quantitative estimate of drug-likeness (QED) is 0.205. The summed E-state index contributed by atoms with van der Waals surface area (Å²) in [5.41, 5.74) is 11.7. The standard InChI is InChI=1S/C43H29NO2/c1-43(2)35-16-8-5-13-30(35)31-22-21-29(24-36(31)43)44(28-20-19-26-11-3-4-12-27(26)23-28)41-40-33-15-7-10-18-38(33)45-39(40)25-34-32-14-6-9-17-37(32)46-42(34)41/h3-25H,1-2H3. The van der Waals surface area contributed by atoms with E-state index in [4.69, 9.17) is 8.83 Å². The van der Waals surface area contributed by atoms with Gasteiger partial charge < -0.3 is 13.7 Å². The van der Waals surface area contributed by atoms with Crippen LogP contribution in [-0.2, 0) is 5.41 Å². The summed E-state index contributed by atoms with van der Waals surface area (Å²) in [4.78, 5) is 2.39. The molecule has 0 saturated heterocycles. The van der Waals surface area contributed by atoms with Gasteiger partial charge >= 0.3 is 0 Å². The summed E-state index contributed by atoms with van der Waals surface area (Å²) in [5, 5.41) is 6.61. The van der Waals surface area contributed by atoms with Crippen LogP contribution in [0.3, 0.4) is 0 Å². The molecule has 46 heavy (non-hydrogen) atoms. The van der Waals surface area contributed by atoms with Gasteiger partial charge in [0.25, 0.3) is 0 Å². The van der Waals surface area contributed by atoms with Gasteiger partial charge in [-0.25, -0.2) is 0 Å². The Labute approximate surface area is 265 Å². The summed E-state index contributed by atoms with van der Waals surface area (Å²) < 4.78 is 13.4. The van der Waals surface area contributed by atoms with Gasteiger partial charge in [0.1, 0.15) is 22.4 Å². The van der Waals surface area contributed by atoms with Crippen LogP contribution in [0, 0.1) is 0 Å². The molecule has 0 fully saturated rings. The summed E-state index contributed by atoms with van der Waals surface area (Å²) in [6.07, 6.45) is 0. The Morgan fingerprint density at radius 3 is 2.00 bits per heavy atom. The molecule has 10 rings (SSSR count). The number of fused-ring (bicyclic) bond motifs is 10. The third-order valence-corrected chi connectivity index (χ3v) is 10.0. The van der Waals surface area contributed by atoms with E-state index in [2.05, 4.69) is 146 Å². The Morgan fingerprint density at radius 1 is 0.478 bits per heavy atom. The molecule has 0 unspecified atom stereocenters. The van der Waals surface area contributed by atoms with E-state index in [9.17, 15) is 0 Å². The topological polar surface area (TPSA) is 29.5 Å². The molecule has 0 radical (unpaired) electrons. The molecule has 9 aromatic rings. The number of nitrogens with zero attached hydrogens (tertiary/aromatic N) is 1. The van der Waals surface area contributed by atoms with Crippen LogP contribution in [0.15, 0.2) is 148 Å². The number of rotatable bonds is 3. The van der Waals surface area contributed by atoms with Gasteiger partial charge in [-0.2, -0.15) is 0 Å². The number of furan rings is 2. The van der Waals surface area contributed by atoms with E-state index in [0.717, 1.165) is 60.9 Å². The van der Waals surface area contributed by atoms with Crippen LogP contribution in [0.2, 0.25) is 0 Å². The molecule has 3 heteroatoms. The third-order valence-electron chi connectivity index (χ3n) is 10.0. The van der Waals surface area contributed by atoms with Gasteiger partial charge in [-0.1, -0.05) is 111 Å². The first kappa shape index (κ1) is 25.5. The smallest absolute Gasteiger partial charge is 0.160 e. The van der Waals surface area contributed by atoms with Crippen LogP contribution in [-0.4, -0.2) is 0 Å². The molecule has 0 bridgehead atoms. The summed E-state index contributed by atoms with van der Waals surface area (Å²) in [5.74, 6) is 0. The molecule has 3 nitrogen and oxygen atoms in total. The van der Waals surface area contributed by atoms with E-state index >= 15 is 0 Å². The molecule has 0 aliphatic heterocycles. The maximum Gasteiger partial charge on any atom is 0.160 e. The molecule has 0 saturated carbocycles. The molecule has 0 spiro atoms. The Bertz CT molecular complexity index is 2680. The Hall–Kier alpha value is -5.80. The molecule has 1 aliphatic carbocycles. The van der Waals surface area contributed by atoms with Crippen LogP contribution in [0.4, 0.5) is 17.1 Å². The summed E-state index contributed by atoms with van der Waals surface area (Å²) in [6.45, 7) is 4.67. The largest absolute Gasteiger partial charge is 0.456 e. The first-order valence-corrected chi connectivity index (χ1v) is 15.9. The van der Waals surface area contributed by atoms with Crippen molar-refractivity contribution in [1.82, 2.24) is 0 Å². The van der Waals surface area contributed by atoms with Crippen molar-refractivity contribution in [3.8, 4) is 11.1 Å². The van der Waals surface area contributed by atoms with Crippen LogP contribution in [0.5, 0.6) is 0 Å². The summed E-state index contributed by atoms with van der Waals surface area (Å²) >= 11 is 0. The van der Waals surface area contributed by atoms with Gasteiger partial charge in [0.05, 0.1) is 5.39 Å². The second-order valence-electron chi connectivity index (χ2n) is 12.9. The first-order chi connectivity index (χ1) is 22.6. The Balaban J connectivity index is 1.35. The molecular formula is C43H29NO2. The van der Waals surface area contributed by atoms with E-state index < -0.39 is 0 Å². The highest BCUT2D eigenvalue weighted by atomic mass is 16.3. The highest BCUT2D eigenvalue weighted by Crippen LogP contribution is 2.53. The fourth-order valence-corrected chi connectivity index (χ4v) is 7.81. The van der Waals surface area contributed by atoms with Crippen molar-refractivity contribution >= 4 is 71.7 Å². The average Bonchev–Trinajstić information content (AvgIpc) is 3.72. The van der Waals surface area contributed by atoms with Gasteiger partial charge in [-0.15, -0.1) is 0 Å². The fourth-order valence-electron chi connectivity index (χ4n) is 7.81.